The number of carbonyl (C=O) groups excluding carboxylic acids is 2. The molecule has 9 heteroatoms. The standard InChI is InChI=1S/C19H26N4O4Si/c1-28(2,3)11-9-14(12-4-6-13(7-5-12)17(21)22)19(23,18(26)27)16(25)15(20)8-10-24/h4-7,10,14-15H,8,20,23H2,1-3H3,(H3,21,22)(H,26,27). The molecule has 0 fully saturated rings. The van der Waals surface area contributed by atoms with Gasteiger partial charge in [-0.15, -0.1) is 5.54 Å². The maximum Gasteiger partial charge on any atom is 0.333 e. The molecule has 0 aliphatic rings. The molecule has 0 saturated carbocycles. The summed E-state index contributed by atoms with van der Waals surface area (Å²) in [6.07, 6.45) is 0.0950. The van der Waals surface area contributed by atoms with Gasteiger partial charge in [0.25, 0.3) is 0 Å². The predicted molar refractivity (Wildman–Crippen MR) is 110 cm³/mol. The molecule has 0 saturated heterocycles. The highest BCUT2D eigenvalue weighted by atomic mass is 28.3. The number of carboxylic acid groups (broad SMARTS) is 1. The first-order chi connectivity index (χ1) is 12.8. The maximum atomic E-state index is 12.8. The third-order valence-corrected chi connectivity index (χ3v) is 4.94. The Bertz CT molecular complexity index is 836. The largest absolute Gasteiger partial charge is 0.479 e. The van der Waals surface area contributed by atoms with Gasteiger partial charge in [0, 0.05) is 12.0 Å². The quantitative estimate of drug-likeness (QED) is 0.103. The number of aldehydes is 1. The van der Waals surface area contributed by atoms with Gasteiger partial charge in [-0.05, 0) is 5.56 Å². The first-order valence-corrected chi connectivity index (χ1v) is 12.1. The van der Waals surface area contributed by atoms with E-state index in [-0.39, 0.29) is 12.3 Å². The Hall–Kier alpha value is -2.80. The van der Waals surface area contributed by atoms with Crippen molar-refractivity contribution in [1.82, 2.24) is 0 Å². The van der Waals surface area contributed by atoms with Gasteiger partial charge < -0.3 is 27.1 Å². The molecule has 0 amide bonds. The normalized spacial score (nSPS) is 15.3. The van der Waals surface area contributed by atoms with E-state index in [0.717, 1.165) is 0 Å². The average molecular weight is 403 g/mol. The van der Waals surface area contributed by atoms with Crippen LogP contribution in [-0.2, 0) is 14.4 Å². The second-order valence-corrected chi connectivity index (χ2v) is 12.3. The fraction of sp³-hybridized carbons (Fsp3) is 0.368. The van der Waals surface area contributed by atoms with Gasteiger partial charge in [-0.3, -0.25) is 10.2 Å². The molecule has 0 radical (unpaired) electrons. The van der Waals surface area contributed by atoms with Crippen molar-refractivity contribution < 1.29 is 19.5 Å². The van der Waals surface area contributed by atoms with Crippen molar-refractivity contribution in [1.29, 1.82) is 5.41 Å². The first kappa shape index (κ1) is 23.2. The third kappa shape index (κ3) is 5.36. The molecule has 8 nitrogen and oxygen atoms in total. The molecule has 0 aliphatic heterocycles. The highest BCUT2D eigenvalue weighted by molar-refractivity contribution is 6.83. The Morgan fingerprint density at radius 3 is 2.21 bits per heavy atom. The SMILES string of the molecule is C[Si](C)(C)C#CC(c1ccc(C(=N)N)cc1)C(N)(C(=O)O)C(=O)C(N)CC=O. The molecule has 3 unspecified atom stereocenters. The van der Waals surface area contributed by atoms with Crippen LogP contribution in [-0.4, -0.2) is 48.6 Å². The molecule has 0 heterocycles. The van der Waals surface area contributed by atoms with Crippen LogP contribution in [0.15, 0.2) is 24.3 Å². The van der Waals surface area contributed by atoms with Crippen LogP contribution in [0.3, 0.4) is 0 Å². The third-order valence-electron chi connectivity index (χ3n) is 4.05. The highest BCUT2D eigenvalue weighted by Crippen LogP contribution is 2.29. The summed E-state index contributed by atoms with van der Waals surface area (Å²) in [5, 5.41) is 17.3. The number of carboxylic acids is 1. The van der Waals surface area contributed by atoms with E-state index in [1.165, 1.54) is 24.3 Å². The Balaban J connectivity index is 3.63. The summed E-state index contributed by atoms with van der Waals surface area (Å²) in [6, 6.07) is 4.76. The summed E-state index contributed by atoms with van der Waals surface area (Å²) < 4.78 is 0. The van der Waals surface area contributed by atoms with Gasteiger partial charge in [-0.1, -0.05) is 49.8 Å². The van der Waals surface area contributed by atoms with Gasteiger partial charge >= 0.3 is 5.97 Å². The van der Waals surface area contributed by atoms with Crippen LogP contribution in [0, 0.1) is 16.9 Å². The smallest absolute Gasteiger partial charge is 0.333 e. The lowest BCUT2D eigenvalue weighted by molar-refractivity contribution is -0.149. The van der Waals surface area contributed by atoms with Gasteiger partial charge in [0.15, 0.2) is 11.3 Å². The van der Waals surface area contributed by atoms with Crippen LogP contribution in [0.25, 0.3) is 0 Å². The molecule has 1 aromatic carbocycles. The Kier molecular flexibility index (Phi) is 7.41. The molecule has 0 spiro atoms. The Labute approximate surface area is 165 Å². The molecule has 28 heavy (non-hydrogen) atoms. The summed E-state index contributed by atoms with van der Waals surface area (Å²) >= 11 is 0. The summed E-state index contributed by atoms with van der Waals surface area (Å²) in [4.78, 5) is 35.6. The zero-order chi connectivity index (χ0) is 21.7. The monoisotopic (exact) mass is 402 g/mol. The number of amidine groups is 1. The van der Waals surface area contributed by atoms with Crippen molar-refractivity contribution in [2.24, 2.45) is 17.2 Å². The molecule has 0 aromatic heterocycles. The van der Waals surface area contributed by atoms with Gasteiger partial charge in [-0.25, -0.2) is 4.79 Å². The molecular weight excluding hydrogens is 376 g/mol. The van der Waals surface area contributed by atoms with Crippen molar-refractivity contribution in [2.75, 3.05) is 0 Å². The van der Waals surface area contributed by atoms with Gasteiger partial charge in [0.1, 0.15) is 20.2 Å². The average Bonchev–Trinajstić information content (AvgIpc) is 2.60. The zero-order valence-corrected chi connectivity index (χ0v) is 17.2. The van der Waals surface area contributed by atoms with E-state index in [4.69, 9.17) is 22.6 Å². The lowest BCUT2D eigenvalue weighted by Gasteiger charge is -2.31. The lowest BCUT2D eigenvalue weighted by atomic mass is 9.75. The van der Waals surface area contributed by atoms with E-state index < -0.39 is 37.3 Å². The minimum absolute atomic E-state index is 0.155. The second kappa shape index (κ2) is 8.92. The van der Waals surface area contributed by atoms with Crippen LogP contribution in [0.5, 0.6) is 0 Å². The number of carbonyl (C=O) groups is 3. The van der Waals surface area contributed by atoms with Crippen molar-refractivity contribution in [3.05, 3.63) is 35.4 Å². The molecule has 8 N–H and O–H groups in total. The van der Waals surface area contributed by atoms with Crippen LogP contribution in [0.4, 0.5) is 0 Å². The van der Waals surface area contributed by atoms with Crippen molar-refractivity contribution >= 4 is 31.9 Å². The van der Waals surface area contributed by atoms with Crippen molar-refractivity contribution in [3.63, 3.8) is 0 Å². The number of hydrogen-bond donors (Lipinski definition) is 5. The number of benzene rings is 1. The molecular formula is C19H26N4O4Si. The van der Waals surface area contributed by atoms with Gasteiger partial charge in [-0.2, -0.15) is 0 Å². The number of hydrogen-bond acceptors (Lipinski definition) is 6. The van der Waals surface area contributed by atoms with E-state index in [1.807, 2.05) is 19.6 Å². The van der Waals surface area contributed by atoms with Crippen LogP contribution in [0.1, 0.15) is 23.5 Å². The topological polar surface area (TPSA) is 173 Å². The van der Waals surface area contributed by atoms with Crippen molar-refractivity contribution in [3.8, 4) is 11.5 Å². The maximum absolute atomic E-state index is 12.8. The number of rotatable bonds is 8. The van der Waals surface area contributed by atoms with E-state index in [1.54, 1.807) is 0 Å². The summed E-state index contributed by atoms with van der Waals surface area (Å²) in [5.74, 6) is -1.02. The second-order valence-electron chi connectivity index (χ2n) is 7.54. The molecule has 1 rings (SSSR count). The van der Waals surface area contributed by atoms with E-state index in [9.17, 15) is 19.5 Å². The number of aliphatic carboxylic acids is 1. The van der Waals surface area contributed by atoms with E-state index in [2.05, 4.69) is 11.5 Å². The van der Waals surface area contributed by atoms with Crippen LogP contribution in [0.2, 0.25) is 19.6 Å². The summed E-state index contributed by atoms with van der Waals surface area (Å²) in [5.41, 5.74) is 18.7. The molecule has 0 bridgehead atoms. The van der Waals surface area contributed by atoms with E-state index >= 15 is 0 Å². The summed E-state index contributed by atoms with van der Waals surface area (Å²) in [6.45, 7) is 5.90. The summed E-state index contributed by atoms with van der Waals surface area (Å²) in [7, 11) is -1.93. The highest BCUT2D eigenvalue weighted by Gasteiger charge is 2.51. The number of Topliss-reactive ketones (excluding diaryl/α,β-unsaturated/α-hetero) is 1. The van der Waals surface area contributed by atoms with Crippen molar-refractivity contribution in [2.45, 2.75) is 43.6 Å². The number of nitrogen functional groups attached to an aromatic ring is 1. The minimum Gasteiger partial charge on any atom is -0.479 e. The molecule has 1 aromatic rings. The molecule has 3 atom stereocenters. The lowest BCUT2D eigenvalue weighted by Crippen LogP contribution is -2.63. The van der Waals surface area contributed by atoms with Crippen LogP contribution >= 0.6 is 0 Å². The predicted octanol–water partition coefficient (Wildman–Crippen LogP) is 0.203. The number of ketones is 1. The zero-order valence-electron chi connectivity index (χ0n) is 16.2. The van der Waals surface area contributed by atoms with Gasteiger partial charge in [0.2, 0.25) is 0 Å². The number of nitrogens with one attached hydrogen (secondary N) is 1. The minimum atomic E-state index is -2.44. The fourth-order valence-electron chi connectivity index (χ4n) is 2.49. The molecule has 0 aliphatic carbocycles. The van der Waals surface area contributed by atoms with Gasteiger partial charge in [0.05, 0.1) is 12.0 Å². The fourth-order valence-corrected chi connectivity index (χ4v) is 3.07. The molecule has 150 valence electrons. The Morgan fingerprint density at radius 1 is 1.29 bits per heavy atom. The van der Waals surface area contributed by atoms with Crippen LogP contribution < -0.4 is 17.2 Å². The first-order valence-electron chi connectivity index (χ1n) is 8.57. The van der Waals surface area contributed by atoms with E-state index in [0.29, 0.717) is 17.4 Å². The Morgan fingerprint density at radius 2 is 1.82 bits per heavy atom. The number of nitrogens with two attached hydrogens (primary N) is 3.